The van der Waals surface area contributed by atoms with E-state index in [1.54, 1.807) is 18.0 Å². The minimum Gasteiger partial charge on any atom is -0.476 e. The summed E-state index contributed by atoms with van der Waals surface area (Å²) in [6.45, 7) is 0.966. The van der Waals surface area contributed by atoms with Crippen molar-refractivity contribution in [1.29, 1.82) is 0 Å². The molecule has 20 heavy (non-hydrogen) atoms. The number of carbonyl (C=O) groups is 1. The average molecular weight is 276 g/mol. The molecule has 0 aromatic carbocycles. The molecule has 0 bridgehead atoms. The van der Waals surface area contributed by atoms with Crippen LogP contribution in [0.4, 0.5) is 0 Å². The summed E-state index contributed by atoms with van der Waals surface area (Å²) in [5.41, 5.74) is 1.50. The third-order valence-electron chi connectivity index (χ3n) is 2.89. The van der Waals surface area contributed by atoms with Crippen molar-refractivity contribution in [2.24, 2.45) is 0 Å². The van der Waals surface area contributed by atoms with Crippen LogP contribution in [0.25, 0.3) is 0 Å². The molecule has 7 heteroatoms. The lowest BCUT2D eigenvalue weighted by Gasteiger charge is -2.06. The van der Waals surface area contributed by atoms with Crippen LogP contribution < -0.4 is 0 Å². The molecule has 2 rings (SSSR count). The predicted molar refractivity (Wildman–Crippen MR) is 70.5 cm³/mol. The smallest absolute Gasteiger partial charge is 0.358 e. The highest BCUT2D eigenvalue weighted by Gasteiger charge is 2.18. The Morgan fingerprint density at radius 1 is 1.40 bits per heavy atom. The van der Waals surface area contributed by atoms with Crippen molar-refractivity contribution < 1.29 is 14.6 Å². The minimum absolute atomic E-state index is 0.0110. The second kappa shape index (κ2) is 6.76. The number of pyridine rings is 1. The van der Waals surface area contributed by atoms with Gasteiger partial charge in [0.05, 0.1) is 12.3 Å². The fourth-order valence-electron chi connectivity index (χ4n) is 1.89. The van der Waals surface area contributed by atoms with Gasteiger partial charge in [-0.3, -0.25) is 4.98 Å². The van der Waals surface area contributed by atoms with Crippen LogP contribution in [-0.2, 0) is 24.1 Å². The number of aryl methyl sites for hydroxylation is 2. The average Bonchev–Trinajstić information content (AvgIpc) is 2.87. The Kier molecular flexibility index (Phi) is 4.78. The van der Waals surface area contributed by atoms with Crippen LogP contribution >= 0.6 is 0 Å². The molecule has 2 aromatic heterocycles. The molecular weight excluding hydrogens is 260 g/mol. The monoisotopic (exact) mass is 276 g/mol. The first-order valence-corrected chi connectivity index (χ1v) is 6.27. The first-order chi connectivity index (χ1) is 9.72. The fraction of sp³-hybridized carbons (Fsp3) is 0.385. The Labute approximate surface area is 116 Å². The molecule has 0 aliphatic rings. The molecule has 106 valence electrons. The van der Waals surface area contributed by atoms with Crippen LogP contribution in [-0.4, -0.2) is 44.8 Å². The number of hydrogen-bond acceptors (Lipinski definition) is 5. The molecule has 0 fully saturated rings. The van der Waals surface area contributed by atoms with Crippen molar-refractivity contribution >= 4 is 5.97 Å². The molecule has 0 aliphatic heterocycles. The van der Waals surface area contributed by atoms with Crippen LogP contribution in [0.1, 0.15) is 21.9 Å². The van der Waals surface area contributed by atoms with Crippen molar-refractivity contribution in [2.75, 3.05) is 13.7 Å². The molecule has 1 N–H and O–H groups in total. The van der Waals surface area contributed by atoms with Gasteiger partial charge in [-0.1, -0.05) is 11.3 Å². The van der Waals surface area contributed by atoms with E-state index in [-0.39, 0.29) is 5.69 Å². The Balaban J connectivity index is 2.12. The normalized spacial score (nSPS) is 10.7. The Morgan fingerprint density at radius 3 is 2.90 bits per heavy atom. The van der Waals surface area contributed by atoms with Gasteiger partial charge in [0, 0.05) is 38.4 Å². The molecule has 0 aliphatic carbocycles. The predicted octanol–water partition coefficient (Wildman–Crippen LogP) is 0.803. The number of hydrogen-bond donors (Lipinski definition) is 1. The lowest BCUT2D eigenvalue weighted by molar-refractivity contribution is 0.0688. The van der Waals surface area contributed by atoms with E-state index in [2.05, 4.69) is 15.3 Å². The highest BCUT2D eigenvalue weighted by Crippen LogP contribution is 2.08. The molecule has 0 saturated heterocycles. The zero-order valence-electron chi connectivity index (χ0n) is 11.2. The van der Waals surface area contributed by atoms with E-state index in [1.165, 1.54) is 0 Å². The molecular formula is C13H16N4O3. The highest BCUT2D eigenvalue weighted by molar-refractivity contribution is 5.86. The van der Waals surface area contributed by atoms with Gasteiger partial charge in [0.15, 0.2) is 5.69 Å². The third kappa shape index (κ3) is 3.39. The number of aromatic carboxylic acids is 1. The lowest BCUT2D eigenvalue weighted by Crippen LogP contribution is -2.12. The van der Waals surface area contributed by atoms with Gasteiger partial charge in [-0.15, -0.1) is 5.10 Å². The van der Waals surface area contributed by atoms with Crippen LogP contribution in [0.2, 0.25) is 0 Å². The van der Waals surface area contributed by atoms with E-state index in [1.807, 2.05) is 18.2 Å². The van der Waals surface area contributed by atoms with Crippen molar-refractivity contribution in [2.45, 2.75) is 19.4 Å². The second-order valence-electron chi connectivity index (χ2n) is 4.23. The number of aromatic nitrogens is 4. The topological polar surface area (TPSA) is 90.1 Å². The molecule has 2 aromatic rings. The van der Waals surface area contributed by atoms with Gasteiger partial charge >= 0.3 is 5.97 Å². The number of carboxylic acids is 1. The summed E-state index contributed by atoms with van der Waals surface area (Å²) in [5.74, 6) is -1.07. The number of carboxylic acid groups (broad SMARTS) is 1. The minimum atomic E-state index is -1.07. The molecule has 0 unspecified atom stereocenters. The van der Waals surface area contributed by atoms with Gasteiger partial charge in [-0.05, 0) is 12.1 Å². The van der Waals surface area contributed by atoms with E-state index in [0.717, 1.165) is 5.69 Å². The SMILES string of the molecule is COCCc1c(C(=O)O)nnn1CCc1ccccn1. The quantitative estimate of drug-likeness (QED) is 0.804. The number of rotatable bonds is 7. The van der Waals surface area contributed by atoms with Crippen LogP contribution in [0.3, 0.4) is 0 Å². The van der Waals surface area contributed by atoms with Crippen LogP contribution in [0, 0.1) is 0 Å². The zero-order valence-corrected chi connectivity index (χ0v) is 11.2. The number of methoxy groups -OCH3 is 1. The maximum absolute atomic E-state index is 11.1. The van der Waals surface area contributed by atoms with Crippen molar-refractivity contribution in [3.8, 4) is 0 Å². The molecule has 0 amide bonds. The summed E-state index contributed by atoms with van der Waals surface area (Å²) in [6.07, 6.45) is 2.86. The van der Waals surface area contributed by atoms with Gasteiger partial charge < -0.3 is 9.84 Å². The zero-order chi connectivity index (χ0) is 14.4. The molecule has 0 radical (unpaired) electrons. The summed E-state index contributed by atoms with van der Waals surface area (Å²) in [7, 11) is 1.57. The largest absolute Gasteiger partial charge is 0.476 e. The standard InChI is InChI=1S/C13H16N4O3/c1-20-9-6-11-12(13(18)19)15-16-17(11)8-5-10-4-2-3-7-14-10/h2-4,7H,5-6,8-9H2,1H3,(H,18,19). The fourth-order valence-corrected chi connectivity index (χ4v) is 1.89. The van der Waals surface area contributed by atoms with E-state index in [4.69, 9.17) is 9.84 Å². The van der Waals surface area contributed by atoms with Gasteiger partial charge in [0.25, 0.3) is 0 Å². The van der Waals surface area contributed by atoms with Gasteiger partial charge in [-0.2, -0.15) is 0 Å². The molecule has 0 spiro atoms. The summed E-state index contributed by atoms with van der Waals surface area (Å²) in [4.78, 5) is 15.3. The number of nitrogens with zero attached hydrogens (tertiary/aromatic N) is 4. The van der Waals surface area contributed by atoms with Gasteiger partial charge in [-0.25, -0.2) is 9.48 Å². The number of ether oxygens (including phenoxy) is 1. The highest BCUT2D eigenvalue weighted by atomic mass is 16.5. The lowest BCUT2D eigenvalue weighted by atomic mass is 10.2. The van der Waals surface area contributed by atoms with Crippen molar-refractivity contribution in [3.05, 3.63) is 41.5 Å². The molecule has 0 atom stereocenters. The Hall–Kier alpha value is -2.28. The van der Waals surface area contributed by atoms with E-state index in [0.29, 0.717) is 31.7 Å². The Bertz CT molecular complexity index is 568. The van der Waals surface area contributed by atoms with Crippen LogP contribution in [0.15, 0.2) is 24.4 Å². The van der Waals surface area contributed by atoms with Gasteiger partial charge in [0.2, 0.25) is 0 Å². The first kappa shape index (κ1) is 14.1. The third-order valence-corrected chi connectivity index (χ3v) is 2.89. The maximum atomic E-state index is 11.1. The maximum Gasteiger partial charge on any atom is 0.358 e. The Morgan fingerprint density at radius 2 is 2.25 bits per heavy atom. The first-order valence-electron chi connectivity index (χ1n) is 6.27. The van der Waals surface area contributed by atoms with Crippen molar-refractivity contribution in [3.63, 3.8) is 0 Å². The summed E-state index contributed by atoms with van der Waals surface area (Å²) >= 11 is 0. The van der Waals surface area contributed by atoms with Gasteiger partial charge in [0.1, 0.15) is 0 Å². The molecule has 2 heterocycles. The molecule has 0 saturated carbocycles. The van der Waals surface area contributed by atoms with E-state index < -0.39 is 5.97 Å². The molecule has 7 nitrogen and oxygen atoms in total. The summed E-state index contributed by atoms with van der Waals surface area (Å²) < 4.78 is 6.60. The summed E-state index contributed by atoms with van der Waals surface area (Å²) in [6, 6.07) is 5.69. The van der Waals surface area contributed by atoms with Crippen molar-refractivity contribution in [1.82, 2.24) is 20.0 Å². The van der Waals surface area contributed by atoms with Crippen LogP contribution in [0.5, 0.6) is 0 Å². The second-order valence-corrected chi connectivity index (χ2v) is 4.23. The summed E-state index contributed by atoms with van der Waals surface area (Å²) in [5, 5.41) is 16.7. The van der Waals surface area contributed by atoms with E-state index >= 15 is 0 Å². The van der Waals surface area contributed by atoms with E-state index in [9.17, 15) is 4.79 Å².